The zero-order valence-corrected chi connectivity index (χ0v) is 15.1. The molecule has 2 aromatic rings. The van der Waals surface area contributed by atoms with Crippen LogP contribution < -0.4 is 5.32 Å². The van der Waals surface area contributed by atoms with Crippen LogP contribution in [0.15, 0.2) is 40.9 Å². The number of thioether (sulfide) groups is 1. The molecule has 1 saturated heterocycles. The summed E-state index contributed by atoms with van der Waals surface area (Å²) >= 11 is 3.36. The number of hydrogen-bond acceptors (Lipinski definition) is 6. The minimum atomic E-state index is -0.0826. The van der Waals surface area contributed by atoms with Gasteiger partial charge in [0.15, 0.2) is 0 Å². The molecule has 0 radical (unpaired) electrons. The number of carbonyl (C=O) groups excluding carboxylic acids is 1. The Morgan fingerprint density at radius 3 is 2.92 bits per heavy atom. The summed E-state index contributed by atoms with van der Waals surface area (Å²) < 4.78 is 5.35. The number of nitrogens with zero attached hydrogens (tertiary/aromatic N) is 2. The van der Waals surface area contributed by atoms with Crippen molar-refractivity contribution in [3.8, 4) is 0 Å². The zero-order chi connectivity index (χ0) is 16.6. The monoisotopic (exact) mass is 363 g/mol. The number of thiophene rings is 1. The summed E-state index contributed by atoms with van der Waals surface area (Å²) in [5.74, 6) is 0.914. The number of ether oxygens (including phenoxy) is 1. The maximum Gasteiger partial charge on any atom is 0.253 e. The predicted molar refractivity (Wildman–Crippen MR) is 97.7 cm³/mol. The fourth-order valence-electron chi connectivity index (χ4n) is 2.39. The number of carbonyl (C=O) groups is 1. The molecule has 128 valence electrons. The van der Waals surface area contributed by atoms with Crippen LogP contribution in [0.1, 0.15) is 15.2 Å². The molecule has 2 aromatic heterocycles. The van der Waals surface area contributed by atoms with Crippen LogP contribution in [0, 0.1) is 0 Å². The first-order valence-corrected chi connectivity index (χ1v) is 9.87. The largest absolute Gasteiger partial charge is 0.379 e. The first-order valence-electron chi connectivity index (χ1n) is 8.01. The Bertz CT molecular complexity index is 626. The van der Waals surface area contributed by atoms with Crippen LogP contribution in [0.4, 0.5) is 0 Å². The van der Waals surface area contributed by atoms with Crippen LogP contribution in [-0.2, 0) is 11.3 Å². The molecule has 1 fully saturated rings. The number of nitrogens with one attached hydrogen (secondary N) is 1. The molecule has 7 heteroatoms. The topological polar surface area (TPSA) is 54.5 Å². The third-order valence-corrected chi connectivity index (χ3v) is 5.56. The summed E-state index contributed by atoms with van der Waals surface area (Å²) in [4.78, 5) is 20.0. The standard InChI is InChI=1S/C17H21N3O2S2/c21-17(19-13-15-2-1-10-23-15)14-3-4-16(18-12-14)24-11-7-20-5-8-22-9-6-20/h1-4,10,12H,5-9,11,13H2,(H,19,21). The summed E-state index contributed by atoms with van der Waals surface area (Å²) in [5, 5.41) is 5.88. The fraction of sp³-hybridized carbons (Fsp3) is 0.412. The summed E-state index contributed by atoms with van der Waals surface area (Å²) in [5.41, 5.74) is 0.601. The quantitative estimate of drug-likeness (QED) is 0.766. The highest BCUT2D eigenvalue weighted by Gasteiger charge is 2.10. The molecule has 0 saturated carbocycles. The molecule has 0 spiro atoms. The van der Waals surface area contributed by atoms with Gasteiger partial charge < -0.3 is 10.1 Å². The SMILES string of the molecule is O=C(NCc1cccs1)c1ccc(SCCN2CCOCC2)nc1. The van der Waals surface area contributed by atoms with Gasteiger partial charge in [-0.05, 0) is 23.6 Å². The van der Waals surface area contributed by atoms with E-state index in [1.54, 1.807) is 29.3 Å². The first-order chi connectivity index (χ1) is 11.8. The Morgan fingerprint density at radius 1 is 1.33 bits per heavy atom. The zero-order valence-electron chi connectivity index (χ0n) is 13.4. The fourth-order valence-corrected chi connectivity index (χ4v) is 3.88. The highest BCUT2D eigenvalue weighted by Crippen LogP contribution is 2.16. The minimum Gasteiger partial charge on any atom is -0.379 e. The van der Waals surface area contributed by atoms with Crippen molar-refractivity contribution in [1.82, 2.24) is 15.2 Å². The number of aromatic nitrogens is 1. The first kappa shape index (κ1) is 17.4. The molecule has 0 aromatic carbocycles. The van der Waals surface area contributed by atoms with Crippen LogP contribution in [0.5, 0.6) is 0 Å². The van der Waals surface area contributed by atoms with Crippen molar-refractivity contribution in [2.45, 2.75) is 11.6 Å². The minimum absolute atomic E-state index is 0.0826. The Labute approximate surface area is 150 Å². The number of amides is 1. The highest BCUT2D eigenvalue weighted by molar-refractivity contribution is 7.99. The Kier molecular flexibility index (Phi) is 6.66. The van der Waals surface area contributed by atoms with Crippen molar-refractivity contribution in [3.63, 3.8) is 0 Å². The van der Waals surface area contributed by atoms with Crippen molar-refractivity contribution >= 4 is 29.0 Å². The molecule has 3 rings (SSSR count). The van der Waals surface area contributed by atoms with Gasteiger partial charge in [-0.3, -0.25) is 9.69 Å². The van der Waals surface area contributed by atoms with E-state index in [9.17, 15) is 4.79 Å². The number of rotatable bonds is 7. The summed E-state index contributed by atoms with van der Waals surface area (Å²) in [6.45, 7) is 5.29. The summed E-state index contributed by atoms with van der Waals surface area (Å²) in [7, 11) is 0. The molecule has 3 heterocycles. The lowest BCUT2D eigenvalue weighted by Crippen LogP contribution is -2.37. The van der Waals surface area contributed by atoms with Gasteiger partial charge in [0.25, 0.3) is 5.91 Å². The molecule has 1 amide bonds. The number of hydrogen-bond donors (Lipinski definition) is 1. The lowest BCUT2D eigenvalue weighted by atomic mass is 10.2. The van der Waals surface area contributed by atoms with E-state index in [1.807, 2.05) is 29.6 Å². The van der Waals surface area contributed by atoms with Crippen LogP contribution >= 0.6 is 23.1 Å². The van der Waals surface area contributed by atoms with Crippen molar-refractivity contribution in [2.24, 2.45) is 0 Å². The van der Waals surface area contributed by atoms with Gasteiger partial charge in [0.05, 0.1) is 30.3 Å². The third kappa shape index (κ3) is 5.31. The maximum absolute atomic E-state index is 12.1. The normalized spacial score (nSPS) is 15.3. The van der Waals surface area contributed by atoms with E-state index in [-0.39, 0.29) is 5.91 Å². The number of morpholine rings is 1. The maximum atomic E-state index is 12.1. The summed E-state index contributed by atoms with van der Waals surface area (Å²) in [6.07, 6.45) is 1.65. The second-order valence-corrected chi connectivity index (χ2v) is 7.60. The van der Waals surface area contributed by atoms with Gasteiger partial charge in [0.2, 0.25) is 0 Å². The van der Waals surface area contributed by atoms with Crippen molar-refractivity contribution < 1.29 is 9.53 Å². The second kappa shape index (κ2) is 9.17. The average Bonchev–Trinajstić information content (AvgIpc) is 3.15. The number of pyridine rings is 1. The molecule has 1 aliphatic heterocycles. The Morgan fingerprint density at radius 2 is 2.21 bits per heavy atom. The van der Waals surface area contributed by atoms with E-state index in [4.69, 9.17) is 4.74 Å². The molecule has 0 aliphatic carbocycles. The van der Waals surface area contributed by atoms with Gasteiger partial charge in [-0.25, -0.2) is 4.98 Å². The van der Waals surface area contributed by atoms with Crippen LogP contribution in [-0.4, -0.2) is 54.4 Å². The van der Waals surface area contributed by atoms with E-state index in [0.717, 1.165) is 48.5 Å². The Hall–Kier alpha value is -1.41. The van der Waals surface area contributed by atoms with Gasteiger partial charge in [0.1, 0.15) is 0 Å². The van der Waals surface area contributed by atoms with Gasteiger partial charge in [0, 0.05) is 36.5 Å². The Balaban J connectivity index is 1.41. The van der Waals surface area contributed by atoms with Gasteiger partial charge in [-0.15, -0.1) is 23.1 Å². The molecule has 1 N–H and O–H groups in total. The predicted octanol–water partition coefficient (Wildman–Crippen LogP) is 2.50. The van der Waals surface area contributed by atoms with Crippen LogP contribution in [0.3, 0.4) is 0 Å². The van der Waals surface area contributed by atoms with Crippen LogP contribution in [0.2, 0.25) is 0 Å². The smallest absolute Gasteiger partial charge is 0.253 e. The third-order valence-electron chi connectivity index (χ3n) is 3.76. The van der Waals surface area contributed by atoms with E-state index >= 15 is 0 Å². The van der Waals surface area contributed by atoms with E-state index < -0.39 is 0 Å². The lowest BCUT2D eigenvalue weighted by Gasteiger charge is -2.26. The molecule has 24 heavy (non-hydrogen) atoms. The molecule has 1 aliphatic rings. The van der Waals surface area contributed by atoms with Crippen molar-refractivity contribution in [1.29, 1.82) is 0 Å². The average molecular weight is 364 g/mol. The van der Waals surface area contributed by atoms with Crippen LogP contribution in [0.25, 0.3) is 0 Å². The second-order valence-electron chi connectivity index (χ2n) is 5.45. The van der Waals surface area contributed by atoms with Gasteiger partial charge in [-0.1, -0.05) is 6.07 Å². The van der Waals surface area contributed by atoms with E-state index in [0.29, 0.717) is 12.1 Å². The summed E-state index contributed by atoms with van der Waals surface area (Å²) in [6, 6.07) is 7.76. The van der Waals surface area contributed by atoms with E-state index in [2.05, 4.69) is 15.2 Å². The molecule has 0 bridgehead atoms. The van der Waals surface area contributed by atoms with E-state index in [1.165, 1.54) is 0 Å². The molecule has 0 atom stereocenters. The van der Waals surface area contributed by atoms with Gasteiger partial charge >= 0.3 is 0 Å². The molecule has 5 nitrogen and oxygen atoms in total. The molecular weight excluding hydrogens is 342 g/mol. The molecule has 0 unspecified atom stereocenters. The van der Waals surface area contributed by atoms with Gasteiger partial charge in [-0.2, -0.15) is 0 Å². The highest BCUT2D eigenvalue weighted by atomic mass is 32.2. The van der Waals surface area contributed by atoms with Crippen molar-refractivity contribution in [2.75, 3.05) is 38.6 Å². The van der Waals surface area contributed by atoms with Crippen molar-refractivity contribution in [3.05, 3.63) is 46.3 Å². The lowest BCUT2D eigenvalue weighted by molar-refractivity contribution is 0.0410. The molecular formula is C17H21N3O2S2.